The van der Waals surface area contributed by atoms with Gasteiger partial charge in [-0.05, 0) is 17.7 Å². The van der Waals surface area contributed by atoms with E-state index in [-0.39, 0.29) is 11.6 Å². The molecule has 22 heavy (non-hydrogen) atoms. The molecular weight excluding hydrogens is 303 g/mol. The second kappa shape index (κ2) is 4.83. The van der Waals surface area contributed by atoms with Gasteiger partial charge in [-0.15, -0.1) is 5.10 Å². The highest BCUT2D eigenvalue weighted by Crippen LogP contribution is 2.33. The van der Waals surface area contributed by atoms with Crippen LogP contribution in [0.2, 0.25) is 0 Å². The van der Waals surface area contributed by atoms with Crippen molar-refractivity contribution in [1.29, 1.82) is 0 Å². The summed E-state index contributed by atoms with van der Waals surface area (Å²) in [6.45, 7) is 0. The van der Waals surface area contributed by atoms with Crippen LogP contribution in [-0.2, 0) is 11.0 Å². The Morgan fingerprint density at radius 2 is 2.18 bits per heavy atom. The molecule has 7 nitrogen and oxygen atoms in total. The molecule has 0 aromatic carbocycles. The van der Waals surface area contributed by atoms with E-state index in [4.69, 9.17) is 5.11 Å². The quantitative estimate of drug-likeness (QED) is 0.876. The molecule has 0 unspecified atom stereocenters. The molecule has 0 bridgehead atoms. The summed E-state index contributed by atoms with van der Waals surface area (Å²) < 4.78 is 39.2. The van der Waals surface area contributed by atoms with Crippen LogP contribution >= 0.6 is 0 Å². The fourth-order valence-electron chi connectivity index (χ4n) is 2.03. The first-order valence-electron chi connectivity index (χ1n) is 6.02. The maximum atomic E-state index is 12.7. The molecule has 0 radical (unpaired) electrons. The summed E-state index contributed by atoms with van der Waals surface area (Å²) in [5.74, 6) is -2.94. The highest BCUT2D eigenvalue weighted by atomic mass is 19.4. The highest BCUT2D eigenvalue weighted by molar-refractivity contribution is 5.90. The van der Waals surface area contributed by atoms with E-state index in [1.54, 1.807) is 12.1 Å². The molecule has 0 aliphatic carbocycles. The minimum atomic E-state index is -4.73. The summed E-state index contributed by atoms with van der Waals surface area (Å²) in [5.41, 5.74) is 0.213. The number of carboxylic acid groups (broad SMARTS) is 1. The number of carboxylic acids is 1. The standard InChI is InChI=1S/C12H8F3N5O2/c13-12(14,15)10-18-11-17-7(9(21)22)4-8(20(11)19-10)6-2-1-3-16-5-6/h1-5,8H,(H,21,22)(H,17,18,19)/t8-/m1/s1. The number of alkyl halides is 3. The number of carbonyl (C=O) groups is 1. The summed E-state index contributed by atoms with van der Waals surface area (Å²) in [6, 6.07) is 2.35. The van der Waals surface area contributed by atoms with Crippen LogP contribution in [0.3, 0.4) is 0 Å². The fourth-order valence-corrected chi connectivity index (χ4v) is 2.03. The van der Waals surface area contributed by atoms with Crippen molar-refractivity contribution in [2.24, 2.45) is 0 Å². The van der Waals surface area contributed by atoms with E-state index in [9.17, 15) is 18.0 Å². The number of aliphatic carboxylic acids is 1. The molecular formula is C12H8F3N5O2. The van der Waals surface area contributed by atoms with Gasteiger partial charge in [0, 0.05) is 12.4 Å². The summed E-state index contributed by atoms with van der Waals surface area (Å²) >= 11 is 0. The number of nitrogens with one attached hydrogen (secondary N) is 1. The fraction of sp³-hybridized carbons (Fsp3) is 0.167. The Hall–Kier alpha value is -2.91. The first kappa shape index (κ1) is 14.0. The van der Waals surface area contributed by atoms with Gasteiger partial charge >= 0.3 is 12.1 Å². The maximum absolute atomic E-state index is 12.7. The van der Waals surface area contributed by atoms with Gasteiger partial charge in [0.2, 0.25) is 5.95 Å². The van der Waals surface area contributed by atoms with Crippen LogP contribution in [0, 0.1) is 0 Å². The molecule has 2 N–H and O–H groups in total. The Morgan fingerprint density at radius 1 is 1.41 bits per heavy atom. The molecule has 3 heterocycles. The topological polar surface area (TPSA) is 92.9 Å². The molecule has 2 aromatic heterocycles. The molecule has 0 saturated heterocycles. The molecule has 0 saturated carbocycles. The van der Waals surface area contributed by atoms with Gasteiger partial charge in [-0.3, -0.25) is 4.98 Å². The van der Waals surface area contributed by atoms with Gasteiger partial charge in [0.25, 0.3) is 5.82 Å². The van der Waals surface area contributed by atoms with E-state index < -0.39 is 24.0 Å². The third-order valence-electron chi connectivity index (χ3n) is 2.98. The maximum Gasteiger partial charge on any atom is 0.453 e. The molecule has 2 aromatic rings. The molecule has 0 spiro atoms. The van der Waals surface area contributed by atoms with Gasteiger partial charge in [-0.1, -0.05) is 6.07 Å². The molecule has 1 aliphatic rings. The Morgan fingerprint density at radius 3 is 2.77 bits per heavy atom. The van der Waals surface area contributed by atoms with E-state index >= 15 is 0 Å². The predicted octanol–water partition coefficient (Wildman–Crippen LogP) is 1.68. The predicted molar refractivity (Wildman–Crippen MR) is 66.7 cm³/mol. The van der Waals surface area contributed by atoms with Gasteiger partial charge in [0.1, 0.15) is 11.7 Å². The van der Waals surface area contributed by atoms with Crippen molar-refractivity contribution in [3.8, 4) is 0 Å². The first-order chi connectivity index (χ1) is 10.4. The van der Waals surface area contributed by atoms with Crippen LogP contribution in [0.5, 0.6) is 0 Å². The second-order valence-electron chi connectivity index (χ2n) is 4.44. The number of hydrogen-bond acceptors (Lipinski definition) is 5. The van der Waals surface area contributed by atoms with Crippen LogP contribution in [0.1, 0.15) is 17.4 Å². The number of hydrogen-bond donors (Lipinski definition) is 2. The van der Waals surface area contributed by atoms with Crippen molar-refractivity contribution in [2.75, 3.05) is 5.32 Å². The van der Waals surface area contributed by atoms with Gasteiger partial charge in [0.15, 0.2) is 0 Å². The van der Waals surface area contributed by atoms with Crippen LogP contribution in [0.15, 0.2) is 36.3 Å². The normalized spacial score (nSPS) is 17.4. The van der Waals surface area contributed by atoms with Gasteiger partial charge in [0.05, 0.1) is 0 Å². The number of halogens is 3. The van der Waals surface area contributed by atoms with E-state index in [1.807, 2.05) is 0 Å². The summed E-state index contributed by atoms with van der Waals surface area (Å²) in [5, 5.41) is 14.8. The first-order valence-corrected chi connectivity index (χ1v) is 6.02. The summed E-state index contributed by atoms with van der Waals surface area (Å²) in [7, 11) is 0. The summed E-state index contributed by atoms with van der Waals surface area (Å²) in [6.07, 6.45) is -0.559. The van der Waals surface area contributed by atoms with Crippen LogP contribution in [-0.4, -0.2) is 30.8 Å². The SMILES string of the molecule is O=C(O)C1=C[C@H](c2cccnc2)n2nc(C(F)(F)F)nc2N1. The Kier molecular flexibility index (Phi) is 3.08. The second-order valence-corrected chi connectivity index (χ2v) is 4.44. The van der Waals surface area contributed by atoms with E-state index in [1.165, 1.54) is 18.5 Å². The van der Waals surface area contributed by atoms with E-state index in [0.29, 0.717) is 5.56 Å². The van der Waals surface area contributed by atoms with Crippen molar-refractivity contribution in [2.45, 2.75) is 12.2 Å². The molecule has 1 aliphatic heterocycles. The Balaban J connectivity index is 2.13. The van der Waals surface area contributed by atoms with Crippen LogP contribution < -0.4 is 5.32 Å². The Labute approximate surface area is 121 Å². The Bertz CT molecular complexity index is 754. The molecule has 1 atom stereocenters. The van der Waals surface area contributed by atoms with Crippen molar-refractivity contribution >= 4 is 11.9 Å². The van der Waals surface area contributed by atoms with Crippen molar-refractivity contribution in [3.05, 3.63) is 47.7 Å². The molecule has 3 rings (SSSR count). The average Bonchev–Trinajstić information content (AvgIpc) is 2.91. The third kappa shape index (κ3) is 2.38. The smallest absolute Gasteiger partial charge is 0.453 e. The third-order valence-corrected chi connectivity index (χ3v) is 2.98. The molecule has 0 fully saturated rings. The van der Waals surface area contributed by atoms with E-state index in [0.717, 1.165) is 4.68 Å². The van der Waals surface area contributed by atoms with Crippen LogP contribution in [0.4, 0.5) is 19.1 Å². The number of nitrogens with zero attached hydrogens (tertiary/aromatic N) is 4. The van der Waals surface area contributed by atoms with Gasteiger partial charge in [-0.25, -0.2) is 9.48 Å². The zero-order chi connectivity index (χ0) is 15.9. The minimum absolute atomic E-state index is 0.275. The lowest BCUT2D eigenvalue weighted by Gasteiger charge is -2.21. The zero-order valence-electron chi connectivity index (χ0n) is 10.7. The van der Waals surface area contributed by atoms with Crippen LogP contribution in [0.25, 0.3) is 0 Å². The largest absolute Gasteiger partial charge is 0.477 e. The lowest BCUT2D eigenvalue weighted by molar-refractivity contribution is -0.145. The minimum Gasteiger partial charge on any atom is -0.477 e. The van der Waals surface area contributed by atoms with Crippen molar-refractivity contribution in [3.63, 3.8) is 0 Å². The monoisotopic (exact) mass is 311 g/mol. The summed E-state index contributed by atoms with van der Waals surface area (Å²) in [4.78, 5) is 18.3. The molecule has 114 valence electrons. The number of aromatic nitrogens is 4. The lowest BCUT2D eigenvalue weighted by atomic mass is 10.1. The molecule has 10 heteroatoms. The number of anilines is 1. The average molecular weight is 311 g/mol. The van der Waals surface area contributed by atoms with E-state index in [2.05, 4.69) is 20.4 Å². The highest BCUT2D eigenvalue weighted by Gasteiger charge is 2.39. The number of fused-ring (bicyclic) bond motifs is 1. The number of rotatable bonds is 2. The lowest BCUT2D eigenvalue weighted by Crippen LogP contribution is -2.24. The van der Waals surface area contributed by atoms with Crippen molar-refractivity contribution < 1.29 is 23.1 Å². The van der Waals surface area contributed by atoms with Gasteiger partial charge < -0.3 is 10.4 Å². The molecule has 0 amide bonds. The van der Waals surface area contributed by atoms with Crippen molar-refractivity contribution in [1.82, 2.24) is 19.7 Å². The van der Waals surface area contributed by atoms with Gasteiger partial charge in [-0.2, -0.15) is 18.2 Å². The number of pyridine rings is 1. The zero-order valence-corrected chi connectivity index (χ0v) is 10.7. The number of allylic oxidation sites excluding steroid dienone is 1.